The zero-order valence-corrected chi connectivity index (χ0v) is 18.8. The Labute approximate surface area is 185 Å². The third-order valence-corrected chi connectivity index (χ3v) is 6.52. The maximum atomic E-state index is 12.7. The van der Waals surface area contributed by atoms with Crippen LogP contribution in [0.5, 0.6) is 0 Å². The number of aliphatic hydroxyl groups excluding tert-OH is 1. The zero-order chi connectivity index (χ0) is 21.8. The largest absolute Gasteiger partial charge is 0.391 e. The summed E-state index contributed by atoms with van der Waals surface area (Å²) in [7, 11) is 0. The van der Waals surface area contributed by atoms with E-state index >= 15 is 0 Å². The molecule has 2 fully saturated rings. The number of aryl methyl sites for hydroxylation is 2. The Hall–Kier alpha value is -2.38. The lowest BCUT2D eigenvalue weighted by Gasteiger charge is -2.34. The molecule has 1 amide bonds. The number of carbonyl (C=O) groups is 1. The summed E-state index contributed by atoms with van der Waals surface area (Å²) in [4.78, 5) is 16.9. The third-order valence-electron chi connectivity index (χ3n) is 6.52. The molecule has 2 saturated heterocycles. The van der Waals surface area contributed by atoms with Gasteiger partial charge in [-0.25, -0.2) is 0 Å². The number of rotatable bonds is 6. The Bertz CT molecular complexity index is 871. The van der Waals surface area contributed by atoms with Gasteiger partial charge in [0.15, 0.2) is 0 Å². The minimum atomic E-state index is -0.389. The normalized spacial score (nSPS) is 20.3. The van der Waals surface area contributed by atoms with Gasteiger partial charge < -0.3 is 20.2 Å². The number of aliphatic hydroxyl groups is 1. The molecule has 2 aliphatic rings. The van der Waals surface area contributed by atoms with E-state index in [0.717, 1.165) is 64.1 Å². The van der Waals surface area contributed by atoms with Crippen LogP contribution >= 0.6 is 0 Å². The topological polar surface area (TPSA) is 73.6 Å². The molecule has 7 nitrogen and oxygen atoms in total. The van der Waals surface area contributed by atoms with Crippen molar-refractivity contribution in [1.29, 1.82) is 0 Å². The predicted octanol–water partition coefficient (Wildman–Crippen LogP) is 2.36. The summed E-state index contributed by atoms with van der Waals surface area (Å²) in [6.45, 7) is 9.20. The van der Waals surface area contributed by atoms with Gasteiger partial charge in [-0.3, -0.25) is 9.48 Å². The van der Waals surface area contributed by atoms with E-state index in [4.69, 9.17) is 0 Å². The highest BCUT2D eigenvalue weighted by atomic mass is 16.3. The van der Waals surface area contributed by atoms with Crippen LogP contribution in [0.3, 0.4) is 0 Å². The first kappa shape index (κ1) is 21.8. The molecule has 3 heterocycles. The Morgan fingerprint density at radius 2 is 1.87 bits per heavy atom. The zero-order valence-electron chi connectivity index (χ0n) is 18.8. The van der Waals surface area contributed by atoms with Crippen LogP contribution in [0.2, 0.25) is 0 Å². The van der Waals surface area contributed by atoms with Crippen molar-refractivity contribution in [2.24, 2.45) is 0 Å². The van der Waals surface area contributed by atoms with Crippen LogP contribution in [0.15, 0.2) is 30.3 Å². The molecule has 0 radical (unpaired) electrons. The molecule has 0 bridgehead atoms. The van der Waals surface area contributed by atoms with Crippen LogP contribution in [0.1, 0.15) is 47.4 Å². The Morgan fingerprint density at radius 3 is 2.52 bits per heavy atom. The first-order valence-electron chi connectivity index (χ1n) is 11.6. The quantitative estimate of drug-likeness (QED) is 0.743. The van der Waals surface area contributed by atoms with Crippen LogP contribution in [0, 0.1) is 13.8 Å². The molecule has 1 atom stereocenters. The molecular formula is C24H35N5O2. The van der Waals surface area contributed by atoms with Crippen LogP contribution in [0.4, 0.5) is 5.69 Å². The van der Waals surface area contributed by atoms with Gasteiger partial charge in [0.05, 0.1) is 18.3 Å². The Balaban J connectivity index is 1.23. The van der Waals surface area contributed by atoms with E-state index in [0.29, 0.717) is 18.2 Å². The van der Waals surface area contributed by atoms with Crippen molar-refractivity contribution in [3.8, 4) is 0 Å². The van der Waals surface area contributed by atoms with Crippen LogP contribution in [-0.4, -0.2) is 70.6 Å². The molecule has 1 unspecified atom stereocenters. The summed E-state index contributed by atoms with van der Waals surface area (Å²) in [5.74, 6) is 0.0239. The molecule has 1 aromatic carbocycles. The summed E-state index contributed by atoms with van der Waals surface area (Å²) in [5.41, 5.74) is 4.18. The number of hydrogen-bond acceptors (Lipinski definition) is 5. The van der Waals surface area contributed by atoms with Crippen molar-refractivity contribution < 1.29 is 9.90 Å². The lowest BCUT2D eigenvalue weighted by Crippen LogP contribution is -2.43. The van der Waals surface area contributed by atoms with E-state index < -0.39 is 0 Å². The van der Waals surface area contributed by atoms with E-state index in [1.807, 2.05) is 19.1 Å². The lowest BCUT2D eigenvalue weighted by atomic mass is 10.0. The average Bonchev–Trinajstić information content (AvgIpc) is 3.10. The second-order valence-electron chi connectivity index (χ2n) is 8.96. The monoisotopic (exact) mass is 425 g/mol. The SMILES string of the molecule is Cc1cc(C)n(CCNC2CCN(c3ccc(C(=O)N4CCCC(O)C4)cc3)CC2)n1. The molecule has 7 heteroatoms. The standard InChI is InChI=1S/C24H35N5O2/c1-18-16-19(2)29(26-18)15-11-25-21-9-13-27(14-10-21)22-7-5-20(6-8-22)24(31)28-12-3-4-23(30)17-28/h5-8,16,21,23,25,30H,3-4,9-15,17H2,1-2H3. The molecule has 4 rings (SSSR count). The van der Waals surface area contributed by atoms with Crippen molar-refractivity contribution in [1.82, 2.24) is 20.0 Å². The Morgan fingerprint density at radius 1 is 1.13 bits per heavy atom. The maximum absolute atomic E-state index is 12.7. The number of amides is 1. The molecule has 2 aromatic rings. The lowest BCUT2D eigenvalue weighted by molar-refractivity contribution is 0.0474. The molecular weight excluding hydrogens is 390 g/mol. The number of likely N-dealkylation sites (tertiary alicyclic amines) is 1. The molecule has 0 saturated carbocycles. The molecule has 0 aliphatic carbocycles. The number of aromatic nitrogens is 2. The van der Waals surface area contributed by atoms with Crippen molar-refractivity contribution in [2.75, 3.05) is 37.6 Å². The summed E-state index contributed by atoms with van der Waals surface area (Å²) < 4.78 is 2.07. The minimum Gasteiger partial charge on any atom is -0.391 e. The van der Waals surface area contributed by atoms with Gasteiger partial charge in [0.25, 0.3) is 5.91 Å². The van der Waals surface area contributed by atoms with Crippen molar-refractivity contribution in [2.45, 2.75) is 58.2 Å². The number of anilines is 1. The van der Waals surface area contributed by atoms with E-state index in [9.17, 15) is 9.90 Å². The highest BCUT2D eigenvalue weighted by molar-refractivity contribution is 5.94. The number of β-amino-alcohol motifs (C(OH)–C–C–N with tert-alkyl or cyclic N) is 1. The number of nitrogens with one attached hydrogen (secondary N) is 1. The van der Waals surface area contributed by atoms with Crippen molar-refractivity contribution >= 4 is 11.6 Å². The Kier molecular flexibility index (Phi) is 6.92. The molecule has 0 spiro atoms. The number of carbonyl (C=O) groups excluding carboxylic acids is 1. The van der Waals surface area contributed by atoms with Crippen LogP contribution in [-0.2, 0) is 6.54 Å². The highest BCUT2D eigenvalue weighted by Crippen LogP contribution is 2.22. The molecule has 31 heavy (non-hydrogen) atoms. The van der Waals surface area contributed by atoms with Gasteiger partial charge in [-0.05, 0) is 69.9 Å². The minimum absolute atomic E-state index is 0.0239. The van der Waals surface area contributed by atoms with Gasteiger partial charge in [-0.15, -0.1) is 0 Å². The van der Waals surface area contributed by atoms with Gasteiger partial charge >= 0.3 is 0 Å². The van der Waals surface area contributed by atoms with Crippen molar-refractivity contribution in [3.63, 3.8) is 0 Å². The van der Waals surface area contributed by atoms with Gasteiger partial charge in [0.1, 0.15) is 0 Å². The molecule has 1 aromatic heterocycles. The first-order chi connectivity index (χ1) is 15.0. The first-order valence-corrected chi connectivity index (χ1v) is 11.6. The van der Waals surface area contributed by atoms with E-state index in [-0.39, 0.29) is 12.0 Å². The summed E-state index contributed by atoms with van der Waals surface area (Å²) in [5, 5.41) is 18.0. The van der Waals surface area contributed by atoms with Crippen molar-refractivity contribution in [3.05, 3.63) is 47.3 Å². The number of piperidine rings is 2. The third kappa shape index (κ3) is 5.46. The fraction of sp³-hybridized carbons (Fsp3) is 0.583. The number of hydrogen-bond donors (Lipinski definition) is 2. The fourth-order valence-corrected chi connectivity index (χ4v) is 4.75. The molecule has 2 N–H and O–H groups in total. The maximum Gasteiger partial charge on any atom is 0.253 e. The average molecular weight is 426 g/mol. The van der Waals surface area contributed by atoms with Gasteiger partial charge in [-0.2, -0.15) is 5.10 Å². The van der Waals surface area contributed by atoms with Gasteiger partial charge in [0.2, 0.25) is 0 Å². The van der Waals surface area contributed by atoms with Crippen LogP contribution < -0.4 is 10.2 Å². The van der Waals surface area contributed by atoms with E-state index in [2.05, 4.69) is 45.1 Å². The second kappa shape index (κ2) is 9.83. The summed E-state index contributed by atoms with van der Waals surface area (Å²) >= 11 is 0. The highest BCUT2D eigenvalue weighted by Gasteiger charge is 2.24. The van der Waals surface area contributed by atoms with Gasteiger partial charge in [0, 0.05) is 55.7 Å². The fourth-order valence-electron chi connectivity index (χ4n) is 4.75. The smallest absolute Gasteiger partial charge is 0.253 e. The van der Waals surface area contributed by atoms with E-state index in [1.165, 1.54) is 11.4 Å². The van der Waals surface area contributed by atoms with Gasteiger partial charge in [-0.1, -0.05) is 0 Å². The summed E-state index contributed by atoms with van der Waals surface area (Å²) in [6, 6.07) is 10.6. The molecule has 2 aliphatic heterocycles. The number of benzene rings is 1. The van der Waals surface area contributed by atoms with E-state index in [1.54, 1.807) is 4.90 Å². The number of nitrogens with zero attached hydrogens (tertiary/aromatic N) is 4. The van der Waals surface area contributed by atoms with Crippen LogP contribution in [0.25, 0.3) is 0 Å². The second-order valence-corrected chi connectivity index (χ2v) is 8.96. The predicted molar refractivity (Wildman–Crippen MR) is 123 cm³/mol. The summed E-state index contributed by atoms with van der Waals surface area (Å²) in [6.07, 6.45) is 3.50. The molecule has 168 valence electrons.